The summed E-state index contributed by atoms with van der Waals surface area (Å²) in [7, 11) is 0. The summed E-state index contributed by atoms with van der Waals surface area (Å²) in [4.78, 5) is 12.3. The van der Waals surface area contributed by atoms with Gasteiger partial charge in [-0.1, -0.05) is 41.9 Å². The minimum absolute atomic E-state index is 0.0712. The summed E-state index contributed by atoms with van der Waals surface area (Å²) < 4.78 is 17.4. The zero-order valence-electron chi connectivity index (χ0n) is 11.2. The lowest BCUT2D eigenvalue weighted by Gasteiger charge is -2.07. The Labute approximate surface area is 135 Å². The molecule has 0 bridgehead atoms. The van der Waals surface area contributed by atoms with E-state index in [1.807, 2.05) is 30.3 Å². The number of amides is 1. The Morgan fingerprint density at radius 1 is 1.18 bits per heavy atom. The van der Waals surface area contributed by atoms with E-state index >= 15 is 0 Å². The van der Waals surface area contributed by atoms with E-state index in [0.717, 1.165) is 11.6 Å². The molecule has 0 radical (unpaired) electrons. The number of anilines is 1. The molecule has 0 fully saturated rings. The van der Waals surface area contributed by atoms with E-state index in [4.69, 9.17) is 11.6 Å². The molecule has 1 heterocycles. The van der Waals surface area contributed by atoms with Gasteiger partial charge in [0.2, 0.25) is 0 Å². The number of halogens is 2. The molecule has 110 valence electrons. The highest BCUT2D eigenvalue weighted by molar-refractivity contribution is 7.04. The molecule has 22 heavy (non-hydrogen) atoms. The van der Waals surface area contributed by atoms with E-state index in [9.17, 15) is 9.18 Å². The third-order valence-electron chi connectivity index (χ3n) is 3.04. The lowest BCUT2D eigenvalue weighted by atomic mass is 10.1. The van der Waals surface area contributed by atoms with Crippen molar-refractivity contribution in [2.75, 3.05) is 5.32 Å². The first-order valence-electron chi connectivity index (χ1n) is 6.41. The number of hydrogen-bond acceptors (Lipinski definition) is 3. The first-order chi connectivity index (χ1) is 10.6. The second-order valence-electron chi connectivity index (χ2n) is 4.52. The second kappa shape index (κ2) is 6.25. The molecule has 0 aliphatic rings. The Balaban J connectivity index is 1.88. The zero-order valence-corrected chi connectivity index (χ0v) is 12.8. The molecule has 0 atom stereocenters. The average molecular weight is 333 g/mol. The van der Waals surface area contributed by atoms with Crippen LogP contribution >= 0.6 is 23.1 Å². The van der Waals surface area contributed by atoms with Gasteiger partial charge in [-0.15, -0.1) is 0 Å². The van der Waals surface area contributed by atoms with Gasteiger partial charge < -0.3 is 5.32 Å². The number of carbonyl (C=O) groups is 1. The maximum absolute atomic E-state index is 13.0. The van der Waals surface area contributed by atoms with E-state index in [1.165, 1.54) is 23.7 Å². The smallest absolute Gasteiger partial charge is 0.257 e. The van der Waals surface area contributed by atoms with Gasteiger partial charge in [-0.2, -0.15) is 4.37 Å². The van der Waals surface area contributed by atoms with Crippen LogP contribution in [0.15, 0.2) is 53.9 Å². The van der Waals surface area contributed by atoms with Gasteiger partial charge in [-0.3, -0.25) is 4.79 Å². The van der Waals surface area contributed by atoms with Crippen molar-refractivity contribution in [2.45, 2.75) is 0 Å². The van der Waals surface area contributed by atoms with Gasteiger partial charge in [-0.05, 0) is 29.7 Å². The van der Waals surface area contributed by atoms with Gasteiger partial charge in [0.05, 0.1) is 16.3 Å². The predicted molar refractivity (Wildman–Crippen MR) is 86.9 cm³/mol. The molecule has 1 N–H and O–H groups in total. The number of hydrogen-bond donors (Lipinski definition) is 1. The van der Waals surface area contributed by atoms with Crippen molar-refractivity contribution in [3.63, 3.8) is 0 Å². The molecule has 6 heteroatoms. The Kier molecular flexibility index (Phi) is 4.18. The molecule has 0 aliphatic carbocycles. The lowest BCUT2D eigenvalue weighted by Crippen LogP contribution is -2.12. The molecule has 2 aromatic carbocycles. The standard InChI is InChI=1S/C16H10ClFN2OS/c17-13-8-11(18)6-7-12(13)16(21)19-14-9-22-20-15(14)10-4-2-1-3-5-10/h1-9H,(H,19,21). The van der Waals surface area contributed by atoms with Crippen molar-refractivity contribution in [3.05, 3.63) is 70.3 Å². The third-order valence-corrected chi connectivity index (χ3v) is 3.98. The van der Waals surface area contributed by atoms with E-state index in [-0.39, 0.29) is 10.6 Å². The van der Waals surface area contributed by atoms with Crippen LogP contribution in [0.1, 0.15) is 10.4 Å². The van der Waals surface area contributed by atoms with Gasteiger partial charge in [0.15, 0.2) is 0 Å². The molecule has 3 nitrogen and oxygen atoms in total. The Morgan fingerprint density at radius 3 is 2.68 bits per heavy atom. The highest BCUT2D eigenvalue weighted by Crippen LogP contribution is 2.29. The quantitative estimate of drug-likeness (QED) is 0.744. The average Bonchev–Trinajstić information content (AvgIpc) is 2.96. The largest absolute Gasteiger partial charge is 0.319 e. The highest BCUT2D eigenvalue weighted by atomic mass is 35.5. The summed E-state index contributed by atoms with van der Waals surface area (Å²) in [6, 6.07) is 13.2. The summed E-state index contributed by atoms with van der Waals surface area (Å²) >= 11 is 7.15. The summed E-state index contributed by atoms with van der Waals surface area (Å²) in [5.41, 5.74) is 2.41. The number of aromatic nitrogens is 1. The summed E-state index contributed by atoms with van der Waals surface area (Å²) in [6.45, 7) is 0. The minimum atomic E-state index is -0.483. The van der Waals surface area contributed by atoms with Gasteiger partial charge in [0, 0.05) is 10.9 Å². The molecule has 0 spiro atoms. The van der Waals surface area contributed by atoms with Gasteiger partial charge in [0.1, 0.15) is 11.5 Å². The third kappa shape index (κ3) is 3.00. The van der Waals surface area contributed by atoms with E-state index < -0.39 is 11.7 Å². The number of carbonyl (C=O) groups excluding carboxylic acids is 1. The van der Waals surface area contributed by atoms with Crippen LogP contribution in [0.5, 0.6) is 0 Å². The van der Waals surface area contributed by atoms with Crippen LogP contribution < -0.4 is 5.32 Å². The fraction of sp³-hybridized carbons (Fsp3) is 0. The van der Waals surface area contributed by atoms with Gasteiger partial charge >= 0.3 is 0 Å². The SMILES string of the molecule is O=C(Nc1csnc1-c1ccccc1)c1ccc(F)cc1Cl. The fourth-order valence-electron chi connectivity index (χ4n) is 1.99. The maximum Gasteiger partial charge on any atom is 0.257 e. The van der Waals surface area contributed by atoms with Crippen molar-refractivity contribution in [1.82, 2.24) is 4.37 Å². The van der Waals surface area contributed by atoms with Crippen LogP contribution in [0.3, 0.4) is 0 Å². The van der Waals surface area contributed by atoms with Crippen LogP contribution in [0, 0.1) is 5.82 Å². The molecule has 3 aromatic rings. The number of benzene rings is 2. The molecule has 3 rings (SSSR count). The molecule has 1 aromatic heterocycles. The van der Waals surface area contributed by atoms with Crippen molar-refractivity contribution >= 4 is 34.7 Å². The van der Waals surface area contributed by atoms with Crippen LogP contribution in [-0.4, -0.2) is 10.3 Å². The van der Waals surface area contributed by atoms with Crippen molar-refractivity contribution in [2.24, 2.45) is 0 Å². The normalized spacial score (nSPS) is 10.5. The van der Waals surface area contributed by atoms with Crippen molar-refractivity contribution in [1.29, 1.82) is 0 Å². The molecular weight excluding hydrogens is 323 g/mol. The van der Waals surface area contributed by atoms with Crippen LogP contribution in [0.25, 0.3) is 11.3 Å². The Bertz CT molecular complexity index is 820. The number of nitrogens with one attached hydrogen (secondary N) is 1. The van der Waals surface area contributed by atoms with Gasteiger partial charge in [0.25, 0.3) is 5.91 Å². The molecule has 0 aliphatic heterocycles. The minimum Gasteiger partial charge on any atom is -0.319 e. The van der Waals surface area contributed by atoms with E-state index in [1.54, 1.807) is 5.38 Å². The molecule has 0 unspecified atom stereocenters. The van der Waals surface area contributed by atoms with Crippen LogP contribution in [0.2, 0.25) is 5.02 Å². The molecular formula is C16H10ClFN2OS. The summed E-state index contributed by atoms with van der Waals surface area (Å²) in [5, 5.41) is 4.59. The Morgan fingerprint density at radius 2 is 1.95 bits per heavy atom. The van der Waals surface area contributed by atoms with E-state index in [0.29, 0.717) is 11.4 Å². The second-order valence-corrected chi connectivity index (χ2v) is 5.56. The zero-order chi connectivity index (χ0) is 15.5. The number of rotatable bonds is 3. The topological polar surface area (TPSA) is 42.0 Å². The van der Waals surface area contributed by atoms with Crippen LogP contribution in [0.4, 0.5) is 10.1 Å². The van der Waals surface area contributed by atoms with E-state index in [2.05, 4.69) is 9.69 Å². The molecule has 1 amide bonds. The predicted octanol–water partition coefficient (Wildman–Crippen LogP) is 4.85. The lowest BCUT2D eigenvalue weighted by molar-refractivity contribution is 0.102. The monoisotopic (exact) mass is 332 g/mol. The molecule has 0 saturated heterocycles. The number of nitrogens with zero attached hydrogens (tertiary/aromatic N) is 1. The fourth-order valence-corrected chi connectivity index (χ4v) is 2.88. The van der Waals surface area contributed by atoms with Crippen molar-refractivity contribution < 1.29 is 9.18 Å². The summed E-state index contributed by atoms with van der Waals surface area (Å²) in [6.07, 6.45) is 0. The first kappa shape index (κ1) is 14.7. The van der Waals surface area contributed by atoms with Crippen LogP contribution in [-0.2, 0) is 0 Å². The van der Waals surface area contributed by atoms with Gasteiger partial charge in [-0.25, -0.2) is 4.39 Å². The first-order valence-corrected chi connectivity index (χ1v) is 7.63. The highest BCUT2D eigenvalue weighted by Gasteiger charge is 2.15. The van der Waals surface area contributed by atoms with Crippen molar-refractivity contribution in [3.8, 4) is 11.3 Å². The Hall–Kier alpha value is -2.24. The maximum atomic E-state index is 13.0. The summed E-state index contributed by atoms with van der Waals surface area (Å²) in [5.74, 6) is -0.883. The molecule has 0 saturated carbocycles.